The monoisotopic (exact) mass is 283 g/mol. The molecule has 0 amide bonds. The summed E-state index contributed by atoms with van der Waals surface area (Å²) in [5, 5.41) is 3.26. The van der Waals surface area contributed by atoms with Gasteiger partial charge in [-0.15, -0.1) is 0 Å². The van der Waals surface area contributed by atoms with Gasteiger partial charge in [0.05, 0.1) is 11.9 Å². The van der Waals surface area contributed by atoms with Crippen molar-refractivity contribution >= 4 is 11.5 Å². The van der Waals surface area contributed by atoms with Crippen molar-refractivity contribution in [3.63, 3.8) is 0 Å². The molecule has 0 aromatic carbocycles. The van der Waals surface area contributed by atoms with Gasteiger partial charge in [0.15, 0.2) is 5.75 Å². The summed E-state index contributed by atoms with van der Waals surface area (Å²) in [6.45, 7) is 4.87. The molecule has 3 aromatic heterocycles. The molecule has 0 bridgehead atoms. The molecule has 3 heterocycles. The average molecular weight is 283 g/mol. The van der Waals surface area contributed by atoms with Crippen molar-refractivity contribution < 1.29 is 4.74 Å². The Morgan fingerprint density at radius 3 is 3.00 bits per heavy atom. The Bertz CT molecular complexity index is 753. The van der Waals surface area contributed by atoms with Crippen LogP contribution in [0.2, 0.25) is 0 Å². The van der Waals surface area contributed by atoms with Crippen LogP contribution in [-0.4, -0.2) is 25.9 Å². The van der Waals surface area contributed by atoms with Gasteiger partial charge in [-0.1, -0.05) is 6.92 Å². The van der Waals surface area contributed by atoms with Gasteiger partial charge >= 0.3 is 0 Å². The van der Waals surface area contributed by atoms with Crippen LogP contribution in [0.25, 0.3) is 5.65 Å². The number of pyridine rings is 1. The fourth-order valence-corrected chi connectivity index (χ4v) is 1.99. The molecule has 3 rings (SSSR count). The van der Waals surface area contributed by atoms with E-state index in [4.69, 9.17) is 4.74 Å². The molecule has 0 radical (unpaired) electrons. The highest BCUT2D eigenvalue weighted by molar-refractivity contribution is 5.55. The highest BCUT2D eigenvalue weighted by atomic mass is 16.5. The molecule has 0 aliphatic heterocycles. The van der Waals surface area contributed by atoms with Crippen LogP contribution in [0.4, 0.5) is 5.82 Å². The Kier molecular flexibility index (Phi) is 3.68. The van der Waals surface area contributed by atoms with Crippen LogP contribution >= 0.6 is 0 Å². The molecule has 0 saturated carbocycles. The van der Waals surface area contributed by atoms with E-state index in [-0.39, 0.29) is 0 Å². The fraction of sp³-hybridized carbons (Fsp3) is 0.267. The van der Waals surface area contributed by atoms with Crippen molar-refractivity contribution in [2.75, 3.05) is 11.9 Å². The van der Waals surface area contributed by atoms with Gasteiger partial charge < -0.3 is 10.1 Å². The number of hydrogen-bond acceptors (Lipinski definition) is 5. The standard InChI is InChI=1S/C15H17N5O/c1-3-6-17-13-10-20-9-8-18-14(20)15(19-13)21-12-5-4-7-16-11(12)2/h4-5,7-10,17H,3,6H2,1-2H3. The van der Waals surface area contributed by atoms with Crippen molar-refractivity contribution in [2.45, 2.75) is 20.3 Å². The Morgan fingerprint density at radius 1 is 1.29 bits per heavy atom. The molecule has 21 heavy (non-hydrogen) atoms. The van der Waals surface area contributed by atoms with Gasteiger partial charge in [0, 0.05) is 25.1 Å². The topological polar surface area (TPSA) is 64.3 Å². The van der Waals surface area contributed by atoms with Gasteiger partial charge in [-0.3, -0.25) is 9.38 Å². The molecule has 108 valence electrons. The average Bonchev–Trinajstić information content (AvgIpc) is 2.96. The van der Waals surface area contributed by atoms with Crippen molar-refractivity contribution in [2.24, 2.45) is 0 Å². The minimum absolute atomic E-state index is 0.470. The van der Waals surface area contributed by atoms with E-state index < -0.39 is 0 Å². The molecule has 0 fully saturated rings. The summed E-state index contributed by atoms with van der Waals surface area (Å²) in [6.07, 6.45) is 8.27. The first-order valence-electron chi connectivity index (χ1n) is 6.95. The fourth-order valence-electron chi connectivity index (χ4n) is 1.99. The van der Waals surface area contributed by atoms with E-state index in [0.29, 0.717) is 17.3 Å². The summed E-state index contributed by atoms with van der Waals surface area (Å²) >= 11 is 0. The van der Waals surface area contributed by atoms with Crippen LogP contribution in [0, 0.1) is 6.92 Å². The Labute approximate surface area is 122 Å². The Hall–Kier alpha value is -2.63. The lowest BCUT2D eigenvalue weighted by atomic mass is 10.3. The van der Waals surface area contributed by atoms with Crippen LogP contribution in [0.15, 0.2) is 36.9 Å². The first-order chi connectivity index (χ1) is 10.3. The van der Waals surface area contributed by atoms with Crippen LogP contribution in [-0.2, 0) is 0 Å². The molecule has 0 saturated heterocycles. The third kappa shape index (κ3) is 2.79. The number of aromatic nitrogens is 4. The van der Waals surface area contributed by atoms with Gasteiger partial charge in [-0.2, -0.15) is 4.98 Å². The van der Waals surface area contributed by atoms with Crippen molar-refractivity contribution in [1.82, 2.24) is 19.4 Å². The van der Waals surface area contributed by atoms with E-state index >= 15 is 0 Å². The molecule has 6 heteroatoms. The minimum Gasteiger partial charge on any atom is -0.434 e. The maximum atomic E-state index is 5.90. The van der Waals surface area contributed by atoms with Gasteiger partial charge in [0.25, 0.3) is 5.88 Å². The number of rotatable bonds is 5. The number of fused-ring (bicyclic) bond motifs is 1. The van der Waals surface area contributed by atoms with Crippen molar-refractivity contribution in [3.8, 4) is 11.6 Å². The zero-order valence-corrected chi connectivity index (χ0v) is 12.1. The van der Waals surface area contributed by atoms with Gasteiger partial charge in [-0.25, -0.2) is 4.98 Å². The first-order valence-corrected chi connectivity index (χ1v) is 6.95. The number of hydrogen-bond donors (Lipinski definition) is 1. The SMILES string of the molecule is CCCNc1cn2ccnc2c(Oc2cccnc2C)n1. The lowest BCUT2D eigenvalue weighted by molar-refractivity contribution is 0.459. The summed E-state index contributed by atoms with van der Waals surface area (Å²) in [7, 11) is 0. The van der Waals surface area contributed by atoms with Crippen molar-refractivity contribution in [3.05, 3.63) is 42.6 Å². The van der Waals surface area contributed by atoms with E-state index in [1.165, 1.54) is 0 Å². The summed E-state index contributed by atoms with van der Waals surface area (Å²) in [4.78, 5) is 13.0. The summed E-state index contributed by atoms with van der Waals surface area (Å²) in [5.74, 6) is 1.92. The van der Waals surface area contributed by atoms with E-state index in [0.717, 1.165) is 24.5 Å². The molecular formula is C15H17N5O. The van der Waals surface area contributed by atoms with Crippen LogP contribution < -0.4 is 10.1 Å². The smallest absolute Gasteiger partial charge is 0.265 e. The number of ether oxygens (including phenoxy) is 1. The highest BCUT2D eigenvalue weighted by Crippen LogP contribution is 2.26. The molecule has 3 aromatic rings. The largest absolute Gasteiger partial charge is 0.434 e. The lowest BCUT2D eigenvalue weighted by Gasteiger charge is -2.10. The van der Waals surface area contributed by atoms with Gasteiger partial charge in [0.1, 0.15) is 5.82 Å². The van der Waals surface area contributed by atoms with E-state index in [1.807, 2.05) is 35.9 Å². The van der Waals surface area contributed by atoms with Crippen molar-refractivity contribution in [1.29, 1.82) is 0 Å². The number of aryl methyl sites for hydroxylation is 1. The number of imidazole rings is 1. The lowest BCUT2D eigenvalue weighted by Crippen LogP contribution is -2.05. The second-order valence-electron chi connectivity index (χ2n) is 4.71. The van der Waals surface area contributed by atoms with Gasteiger partial charge in [0.2, 0.25) is 5.65 Å². The molecule has 1 N–H and O–H groups in total. The quantitative estimate of drug-likeness (QED) is 0.779. The Balaban J connectivity index is 2.00. The number of anilines is 1. The zero-order valence-electron chi connectivity index (χ0n) is 12.1. The molecule has 0 unspecified atom stereocenters. The van der Waals surface area contributed by atoms with Crippen LogP contribution in [0.3, 0.4) is 0 Å². The predicted octanol–water partition coefficient (Wildman–Crippen LogP) is 3.05. The first kappa shape index (κ1) is 13.4. The number of nitrogens with zero attached hydrogens (tertiary/aromatic N) is 4. The second-order valence-corrected chi connectivity index (χ2v) is 4.71. The Morgan fingerprint density at radius 2 is 2.19 bits per heavy atom. The predicted molar refractivity (Wildman–Crippen MR) is 80.8 cm³/mol. The van der Waals surface area contributed by atoms with Gasteiger partial charge in [-0.05, 0) is 25.5 Å². The zero-order chi connectivity index (χ0) is 14.7. The normalized spacial score (nSPS) is 10.8. The van der Waals surface area contributed by atoms with Crippen LogP contribution in [0.5, 0.6) is 11.6 Å². The molecule has 0 atom stereocenters. The molecule has 0 spiro atoms. The second kappa shape index (κ2) is 5.78. The van der Waals surface area contributed by atoms with E-state index in [1.54, 1.807) is 12.4 Å². The third-order valence-electron chi connectivity index (χ3n) is 3.06. The maximum absolute atomic E-state index is 5.90. The molecule has 0 aliphatic rings. The number of nitrogens with one attached hydrogen (secondary N) is 1. The summed E-state index contributed by atoms with van der Waals surface area (Å²) in [5.41, 5.74) is 1.50. The van der Waals surface area contributed by atoms with Crippen LogP contribution in [0.1, 0.15) is 19.0 Å². The molecule has 0 aliphatic carbocycles. The maximum Gasteiger partial charge on any atom is 0.265 e. The highest BCUT2D eigenvalue weighted by Gasteiger charge is 2.11. The molecular weight excluding hydrogens is 266 g/mol. The summed E-state index contributed by atoms with van der Waals surface area (Å²) in [6, 6.07) is 3.71. The summed E-state index contributed by atoms with van der Waals surface area (Å²) < 4.78 is 7.80. The molecule has 6 nitrogen and oxygen atoms in total. The third-order valence-corrected chi connectivity index (χ3v) is 3.06. The van der Waals surface area contributed by atoms with E-state index in [9.17, 15) is 0 Å². The minimum atomic E-state index is 0.470. The van der Waals surface area contributed by atoms with E-state index in [2.05, 4.69) is 27.2 Å².